The number of fused-ring (bicyclic) bond motifs is 2. The van der Waals surface area contributed by atoms with Crippen molar-refractivity contribution in [1.82, 2.24) is 14.5 Å². The molecule has 7 nitrogen and oxygen atoms in total. The predicted octanol–water partition coefficient (Wildman–Crippen LogP) is 4.42. The first-order valence-corrected chi connectivity index (χ1v) is 10.3. The Balaban J connectivity index is 1.74. The molecule has 0 amide bonds. The zero-order valence-corrected chi connectivity index (χ0v) is 17.2. The van der Waals surface area contributed by atoms with Gasteiger partial charge < -0.3 is 16.0 Å². The van der Waals surface area contributed by atoms with E-state index in [1.165, 1.54) is 29.1 Å². The van der Waals surface area contributed by atoms with Crippen LogP contribution in [0.4, 0.5) is 26.1 Å². The maximum absolute atomic E-state index is 14.8. The van der Waals surface area contributed by atoms with Crippen LogP contribution in [-0.2, 0) is 0 Å². The standard InChI is InChI=1S/C23H20F2N6O/c1-2-16(30-22-20-21(27-11-26-20)28-12-29-22)18-10-13-6-5-8-15(25)19(13)23(32)31(18)17-9-4-3-7-14(17)24/h3-10,12,16,26H,2,11H2,1H3,(H2,27,28,29,30)/t16-/m0/s1. The average Bonchev–Trinajstić information content (AvgIpc) is 3.28. The van der Waals surface area contributed by atoms with Gasteiger partial charge in [-0.25, -0.2) is 18.7 Å². The van der Waals surface area contributed by atoms with Crippen LogP contribution in [0.15, 0.2) is 59.7 Å². The second-order valence-electron chi connectivity index (χ2n) is 7.45. The quantitative estimate of drug-likeness (QED) is 0.431. The molecule has 32 heavy (non-hydrogen) atoms. The Bertz CT molecular complexity index is 1390. The van der Waals surface area contributed by atoms with E-state index in [1.807, 2.05) is 6.92 Å². The topological polar surface area (TPSA) is 83.9 Å². The summed E-state index contributed by atoms with van der Waals surface area (Å²) in [6.45, 7) is 2.46. The molecule has 1 aliphatic rings. The lowest BCUT2D eigenvalue weighted by atomic mass is 10.0. The minimum atomic E-state index is -0.644. The molecule has 0 fully saturated rings. The number of para-hydroxylation sites is 1. The normalized spacial score (nSPS) is 13.3. The fourth-order valence-corrected chi connectivity index (χ4v) is 4.04. The predicted molar refractivity (Wildman–Crippen MR) is 120 cm³/mol. The summed E-state index contributed by atoms with van der Waals surface area (Å²) in [6.07, 6.45) is 1.99. The third kappa shape index (κ3) is 3.22. The molecule has 0 saturated carbocycles. The number of nitrogens with zero attached hydrogens (tertiary/aromatic N) is 3. The Morgan fingerprint density at radius 1 is 1.09 bits per heavy atom. The molecule has 0 saturated heterocycles. The summed E-state index contributed by atoms with van der Waals surface area (Å²) in [5.41, 5.74) is 0.663. The highest BCUT2D eigenvalue weighted by Crippen LogP contribution is 2.34. The van der Waals surface area contributed by atoms with Gasteiger partial charge in [-0.15, -0.1) is 0 Å². The molecule has 0 bridgehead atoms. The van der Waals surface area contributed by atoms with E-state index in [2.05, 4.69) is 25.9 Å². The number of rotatable bonds is 5. The zero-order valence-electron chi connectivity index (χ0n) is 17.2. The number of anilines is 3. The van der Waals surface area contributed by atoms with Crippen LogP contribution in [0.1, 0.15) is 25.1 Å². The zero-order chi connectivity index (χ0) is 22.2. The first-order valence-electron chi connectivity index (χ1n) is 10.3. The first kappa shape index (κ1) is 19.9. The monoisotopic (exact) mass is 434 g/mol. The number of hydrogen-bond acceptors (Lipinski definition) is 6. The summed E-state index contributed by atoms with van der Waals surface area (Å²) in [5, 5.41) is 10.0. The van der Waals surface area contributed by atoms with Crippen molar-refractivity contribution < 1.29 is 8.78 Å². The van der Waals surface area contributed by atoms with E-state index in [1.54, 1.807) is 30.3 Å². The molecule has 4 aromatic rings. The molecule has 3 N–H and O–H groups in total. The van der Waals surface area contributed by atoms with Gasteiger partial charge in [-0.2, -0.15) is 0 Å². The van der Waals surface area contributed by atoms with Gasteiger partial charge in [-0.3, -0.25) is 9.36 Å². The van der Waals surface area contributed by atoms with E-state index in [9.17, 15) is 13.6 Å². The van der Waals surface area contributed by atoms with Gasteiger partial charge in [0.15, 0.2) is 11.6 Å². The molecule has 0 unspecified atom stereocenters. The van der Waals surface area contributed by atoms with E-state index in [0.29, 0.717) is 35.8 Å². The minimum absolute atomic E-state index is 0.0608. The van der Waals surface area contributed by atoms with Crippen LogP contribution in [0.5, 0.6) is 0 Å². The molecule has 3 heterocycles. The van der Waals surface area contributed by atoms with Crippen LogP contribution in [0.2, 0.25) is 0 Å². The Labute approximate surface area is 182 Å². The van der Waals surface area contributed by atoms with Gasteiger partial charge in [-0.05, 0) is 36.1 Å². The van der Waals surface area contributed by atoms with Crippen molar-refractivity contribution in [3.05, 3.63) is 82.5 Å². The number of pyridine rings is 1. The largest absolute Gasteiger partial charge is 0.362 e. The molecule has 0 radical (unpaired) electrons. The van der Waals surface area contributed by atoms with E-state index >= 15 is 0 Å². The Morgan fingerprint density at radius 3 is 2.72 bits per heavy atom. The maximum atomic E-state index is 14.8. The van der Waals surface area contributed by atoms with Crippen LogP contribution in [0.25, 0.3) is 16.5 Å². The molecule has 1 atom stereocenters. The van der Waals surface area contributed by atoms with Crippen molar-refractivity contribution in [2.45, 2.75) is 19.4 Å². The molecule has 162 valence electrons. The van der Waals surface area contributed by atoms with Crippen LogP contribution in [0, 0.1) is 11.6 Å². The van der Waals surface area contributed by atoms with Gasteiger partial charge in [0.1, 0.15) is 23.6 Å². The molecular weight excluding hydrogens is 414 g/mol. The summed E-state index contributed by atoms with van der Waals surface area (Å²) in [7, 11) is 0. The first-order chi connectivity index (χ1) is 15.6. The highest BCUT2D eigenvalue weighted by Gasteiger charge is 2.24. The minimum Gasteiger partial charge on any atom is -0.362 e. The summed E-state index contributed by atoms with van der Waals surface area (Å²) in [5.74, 6) is 0.00683. The van der Waals surface area contributed by atoms with Crippen LogP contribution in [0.3, 0.4) is 0 Å². The van der Waals surface area contributed by atoms with Crippen LogP contribution < -0.4 is 21.5 Å². The fourth-order valence-electron chi connectivity index (χ4n) is 4.04. The van der Waals surface area contributed by atoms with Crippen molar-refractivity contribution >= 4 is 28.1 Å². The third-order valence-electron chi connectivity index (χ3n) is 5.56. The summed E-state index contributed by atoms with van der Waals surface area (Å²) in [4.78, 5) is 22.0. The molecular formula is C23H20F2N6O. The Hall–Kier alpha value is -4.01. The second kappa shape index (κ2) is 7.92. The van der Waals surface area contributed by atoms with Gasteiger partial charge in [0.2, 0.25) is 0 Å². The Morgan fingerprint density at radius 2 is 1.91 bits per heavy atom. The van der Waals surface area contributed by atoms with E-state index in [0.717, 1.165) is 5.69 Å². The van der Waals surface area contributed by atoms with E-state index < -0.39 is 23.2 Å². The van der Waals surface area contributed by atoms with Crippen molar-refractivity contribution in [3.63, 3.8) is 0 Å². The van der Waals surface area contributed by atoms with E-state index in [4.69, 9.17) is 0 Å². The maximum Gasteiger partial charge on any atom is 0.266 e. The molecule has 9 heteroatoms. The van der Waals surface area contributed by atoms with Gasteiger partial charge in [0.05, 0.1) is 23.8 Å². The van der Waals surface area contributed by atoms with Crippen molar-refractivity contribution in [2.75, 3.05) is 22.6 Å². The number of benzene rings is 2. The number of aromatic nitrogens is 3. The highest BCUT2D eigenvalue weighted by molar-refractivity contribution is 5.84. The molecule has 0 spiro atoms. The van der Waals surface area contributed by atoms with Crippen molar-refractivity contribution in [2.24, 2.45) is 0 Å². The van der Waals surface area contributed by atoms with Crippen molar-refractivity contribution in [1.29, 1.82) is 0 Å². The van der Waals surface area contributed by atoms with Crippen LogP contribution in [-0.4, -0.2) is 21.2 Å². The van der Waals surface area contributed by atoms with Gasteiger partial charge in [0.25, 0.3) is 5.56 Å². The SMILES string of the molecule is CC[C@H](Nc1ncnc2c1NCN2)c1cc2cccc(F)c2c(=O)n1-c1ccccc1F. The molecule has 2 aromatic carbocycles. The van der Waals surface area contributed by atoms with Gasteiger partial charge in [-0.1, -0.05) is 31.2 Å². The summed E-state index contributed by atoms with van der Waals surface area (Å²) < 4.78 is 30.6. The average molecular weight is 434 g/mol. The van der Waals surface area contributed by atoms with Crippen LogP contribution >= 0.6 is 0 Å². The van der Waals surface area contributed by atoms with Crippen molar-refractivity contribution in [3.8, 4) is 5.69 Å². The molecule has 5 rings (SSSR count). The lowest BCUT2D eigenvalue weighted by molar-refractivity contribution is 0.604. The smallest absolute Gasteiger partial charge is 0.266 e. The third-order valence-corrected chi connectivity index (χ3v) is 5.56. The van der Waals surface area contributed by atoms with E-state index in [-0.39, 0.29) is 11.1 Å². The van der Waals surface area contributed by atoms with Gasteiger partial charge >= 0.3 is 0 Å². The summed E-state index contributed by atoms with van der Waals surface area (Å²) >= 11 is 0. The fraction of sp³-hybridized carbons (Fsp3) is 0.174. The number of hydrogen-bond donors (Lipinski definition) is 3. The second-order valence-corrected chi connectivity index (χ2v) is 7.45. The molecule has 2 aromatic heterocycles. The lowest BCUT2D eigenvalue weighted by Crippen LogP contribution is -2.27. The number of nitrogens with one attached hydrogen (secondary N) is 3. The summed E-state index contributed by atoms with van der Waals surface area (Å²) in [6, 6.07) is 11.7. The highest BCUT2D eigenvalue weighted by atomic mass is 19.1. The van der Waals surface area contributed by atoms with Gasteiger partial charge in [0, 0.05) is 5.69 Å². The Kier molecular flexibility index (Phi) is 4.93. The molecule has 1 aliphatic heterocycles. The lowest BCUT2D eigenvalue weighted by Gasteiger charge is -2.24. The molecule has 0 aliphatic carbocycles. The number of halogens is 2.